The molecule has 0 saturated heterocycles. The lowest BCUT2D eigenvalue weighted by Gasteiger charge is -2.14. The van der Waals surface area contributed by atoms with Crippen LogP contribution in [0.25, 0.3) is 103 Å². The molecule has 5 heteroatoms. The SMILES string of the molecule is c1ccc(-c2nc(-c3ccc4ccccc4c3)nc(-c3cc(-n4c5ccccc5c5cc6ccccc6cc54)cc4sc5ccccc5c34)n2)cc1. The summed E-state index contributed by atoms with van der Waals surface area (Å²) < 4.78 is 4.83. The molecule has 0 N–H and O–H groups in total. The van der Waals surface area contributed by atoms with Gasteiger partial charge >= 0.3 is 0 Å². The van der Waals surface area contributed by atoms with Gasteiger partial charge in [0.05, 0.1) is 11.0 Å². The molecule has 0 aliphatic heterocycles. The van der Waals surface area contributed by atoms with Crippen LogP contribution in [0.2, 0.25) is 0 Å². The van der Waals surface area contributed by atoms with Crippen LogP contribution < -0.4 is 0 Å². The van der Waals surface area contributed by atoms with E-state index in [4.69, 9.17) is 15.0 Å². The van der Waals surface area contributed by atoms with Crippen LogP contribution in [0, 0.1) is 0 Å². The fourth-order valence-electron chi connectivity index (χ4n) is 7.75. The zero-order valence-corrected chi connectivity index (χ0v) is 28.7. The standard InChI is InChI=1S/C47H28N4S/c1-2-13-30(14-3-1)45-48-46(34-23-22-29-12-4-5-15-31(29)24-34)50-47(49-45)39-27-35(28-43-44(39)37-19-9-11-21-42(37)52-43)51-40-20-10-8-18-36(40)38-25-32-16-6-7-17-33(32)26-41(38)51/h1-28H. The van der Waals surface area contributed by atoms with Gasteiger partial charge < -0.3 is 4.57 Å². The van der Waals surface area contributed by atoms with Crippen molar-refractivity contribution in [2.75, 3.05) is 0 Å². The van der Waals surface area contributed by atoms with Crippen molar-refractivity contribution in [2.45, 2.75) is 0 Å². The van der Waals surface area contributed by atoms with Gasteiger partial charge in [0.2, 0.25) is 0 Å². The van der Waals surface area contributed by atoms with E-state index in [-0.39, 0.29) is 0 Å². The molecular weight excluding hydrogens is 653 g/mol. The molecule has 3 aromatic heterocycles. The third kappa shape index (κ3) is 4.57. The molecule has 11 aromatic rings. The number of thiophene rings is 1. The molecule has 0 amide bonds. The van der Waals surface area contributed by atoms with E-state index in [9.17, 15) is 0 Å². The largest absolute Gasteiger partial charge is 0.309 e. The number of rotatable bonds is 4. The van der Waals surface area contributed by atoms with Gasteiger partial charge in [-0.25, -0.2) is 15.0 Å². The van der Waals surface area contributed by atoms with Crippen molar-refractivity contribution < 1.29 is 0 Å². The summed E-state index contributed by atoms with van der Waals surface area (Å²) in [5, 5.41) is 9.60. The maximum absolute atomic E-state index is 5.30. The molecule has 0 fully saturated rings. The van der Waals surface area contributed by atoms with Crippen LogP contribution in [0.5, 0.6) is 0 Å². The minimum Gasteiger partial charge on any atom is -0.309 e. The summed E-state index contributed by atoms with van der Waals surface area (Å²) in [6, 6.07) is 60.4. The Bertz CT molecular complexity index is 3190. The van der Waals surface area contributed by atoms with Gasteiger partial charge in [-0.1, -0.05) is 127 Å². The monoisotopic (exact) mass is 680 g/mol. The Morgan fingerprint density at radius 3 is 1.85 bits per heavy atom. The number of para-hydroxylation sites is 1. The van der Waals surface area contributed by atoms with Crippen molar-refractivity contribution in [1.29, 1.82) is 0 Å². The quantitative estimate of drug-likeness (QED) is 0.186. The number of fused-ring (bicyclic) bond motifs is 8. The molecule has 3 heterocycles. The smallest absolute Gasteiger partial charge is 0.164 e. The van der Waals surface area contributed by atoms with Crippen LogP contribution in [-0.2, 0) is 0 Å². The number of nitrogens with zero attached hydrogens (tertiary/aromatic N) is 4. The lowest BCUT2D eigenvalue weighted by molar-refractivity contribution is 1.07. The van der Waals surface area contributed by atoms with Crippen molar-refractivity contribution in [3.8, 4) is 39.9 Å². The van der Waals surface area contributed by atoms with Crippen molar-refractivity contribution in [1.82, 2.24) is 19.5 Å². The van der Waals surface area contributed by atoms with Gasteiger partial charge in [0.25, 0.3) is 0 Å². The molecule has 0 spiro atoms. The van der Waals surface area contributed by atoms with Crippen LogP contribution in [-0.4, -0.2) is 19.5 Å². The normalized spacial score (nSPS) is 11.8. The molecule has 8 aromatic carbocycles. The van der Waals surface area contributed by atoms with Crippen LogP contribution in [0.4, 0.5) is 0 Å². The van der Waals surface area contributed by atoms with Gasteiger partial charge in [0.1, 0.15) is 0 Å². The summed E-state index contributed by atoms with van der Waals surface area (Å²) >= 11 is 1.81. The Hall–Kier alpha value is -6.69. The first kappa shape index (κ1) is 29.1. The van der Waals surface area contributed by atoms with E-state index < -0.39 is 0 Å². The Morgan fingerprint density at radius 1 is 0.385 bits per heavy atom. The predicted octanol–water partition coefficient (Wildman–Crippen LogP) is 12.6. The summed E-state index contributed by atoms with van der Waals surface area (Å²) in [4.78, 5) is 15.7. The Kier molecular flexibility index (Phi) is 6.39. The highest BCUT2D eigenvalue weighted by Gasteiger charge is 2.21. The molecule has 11 rings (SSSR count). The van der Waals surface area contributed by atoms with Crippen LogP contribution in [0.1, 0.15) is 0 Å². The molecule has 0 unspecified atom stereocenters. The minimum absolute atomic E-state index is 0.648. The molecule has 0 aliphatic carbocycles. The maximum Gasteiger partial charge on any atom is 0.164 e. The van der Waals surface area contributed by atoms with Crippen LogP contribution >= 0.6 is 11.3 Å². The lowest BCUT2D eigenvalue weighted by Crippen LogP contribution is -2.01. The summed E-state index contributed by atoms with van der Waals surface area (Å²) in [5.41, 5.74) is 6.30. The Balaban J connectivity index is 1.24. The number of hydrogen-bond acceptors (Lipinski definition) is 4. The van der Waals surface area contributed by atoms with E-state index in [2.05, 4.69) is 156 Å². The van der Waals surface area contributed by atoms with Crippen LogP contribution in [0.15, 0.2) is 170 Å². The second-order valence-electron chi connectivity index (χ2n) is 13.3. The molecule has 0 bridgehead atoms. The lowest BCUT2D eigenvalue weighted by atomic mass is 10.0. The summed E-state index contributed by atoms with van der Waals surface area (Å²) in [6.45, 7) is 0. The van der Waals surface area contributed by atoms with Crippen molar-refractivity contribution in [2.24, 2.45) is 0 Å². The zero-order valence-electron chi connectivity index (χ0n) is 27.9. The van der Waals surface area contributed by atoms with Gasteiger partial charge in [-0.05, 0) is 64.0 Å². The average molecular weight is 681 g/mol. The van der Waals surface area contributed by atoms with E-state index in [0.29, 0.717) is 17.5 Å². The van der Waals surface area contributed by atoms with E-state index in [1.54, 1.807) is 0 Å². The molecule has 0 aliphatic rings. The van der Waals surface area contributed by atoms with Gasteiger partial charge in [-0.15, -0.1) is 11.3 Å². The first-order valence-electron chi connectivity index (χ1n) is 17.4. The van der Waals surface area contributed by atoms with E-state index in [1.807, 2.05) is 29.5 Å². The van der Waals surface area contributed by atoms with E-state index in [0.717, 1.165) is 38.7 Å². The van der Waals surface area contributed by atoms with E-state index in [1.165, 1.54) is 47.2 Å². The first-order valence-corrected chi connectivity index (χ1v) is 18.3. The van der Waals surface area contributed by atoms with Crippen molar-refractivity contribution in [3.05, 3.63) is 170 Å². The first-order chi connectivity index (χ1) is 25.7. The third-order valence-corrected chi connectivity index (χ3v) is 11.3. The summed E-state index contributed by atoms with van der Waals surface area (Å²) in [6.07, 6.45) is 0. The number of benzene rings is 8. The second kappa shape index (κ2) is 11.4. The molecule has 0 radical (unpaired) electrons. The molecule has 4 nitrogen and oxygen atoms in total. The zero-order chi connectivity index (χ0) is 34.2. The van der Waals surface area contributed by atoms with Gasteiger partial charge in [-0.2, -0.15) is 0 Å². The van der Waals surface area contributed by atoms with Crippen molar-refractivity contribution >= 4 is 74.9 Å². The highest BCUT2D eigenvalue weighted by Crippen LogP contribution is 2.43. The van der Waals surface area contributed by atoms with Gasteiger partial charge in [0.15, 0.2) is 17.5 Å². The third-order valence-electron chi connectivity index (χ3n) is 10.2. The second-order valence-corrected chi connectivity index (χ2v) is 14.4. The highest BCUT2D eigenvalue weighted by molar-refractivity contribution is 7.26. The number of aromatic nitrogens is 4. The summed E-state index contributed by atoms with van der Waals surface area (Å²) in [7, 11) is 0. The van der Waals surface area contributed by atoms with E-state index >= 15 is 0 Å². The van der Waals surface area contributed by atoms with Crippen LogP contribution in [0.3, 0.4) is 0 Å². The Labute approximate surface area is 302 Å². The minimum atomic E-state index is 0.648. The van der Waals surface area contributed by atoms with Gasteiger partial charge in [0, 0.05) is 53.3 Å². The number of hydrogen-bond donors (Lipinski definition) is 0. The summed E-state index contributed by atoms with van der Waals surface area (Å²) in [5.74, 6) is 1.95. The molecule has 52 heavy (non-hydrogen) atoms. The fourth-order valence-corrected chi connectivity index (χ4v) is 8.91. The molecule has 242 valence electrons. The van der Waals surface area contributed by atoms with Crippen molar-refractivity contribution in [3.63, 3.8) is 0 Å². The molecular formula is C47H28N4S. The fraction of sp³-hybridized carbons (Fsp3) is 0. The topological polar surface area (TPSA) is 43.6 Å². The molecule has 0 atom stereocenters. The highest BCUT2D eigenvalue weighted by atomic mass is 32.1. The predicted molar refractivity (Wildman–Crippen MR) is 218 cm³/mol. The Morgan fingerprint density at radius 2 is 1.02 bits per heavy atom. The molecule has 0 saturated carbocycles. The van der Waals surface area contributed by atoms with Gasteiger partial charge in [-0.3, -0.25) is 0 Å². The maximum atomic E-state index is 5.30. The average Bonchev–Trinajstić information content (AvgIpc) is 3.75.